The molecule has 7 rings (SSSR count). The number of carbonyl (C=O) groups is 2. The third-order valence-electron chi connectivity index (χ3n) is 9.31. The number of benzene rings is 2. The predicted molar refractivity (Wildman–Crippen MR) is 176 cm³/mol. The molecule has 4 aliphatic rings. The number of fused-ring (bicyclic) bond motifs is 8. The fourth-order valence-electron chi connectivity index (χ4n) is 6.77. The standard InChI is InChI=1S/C35H35F2N3O9S/c1-44-14-15-45-16-17-47-34(43)49-21-48-32-25(41)8-12-39-31(32)33(42)38-20-40(39)30-22-6-2-3-7-27(22)50-19-23-28(30)26(18-24(36)29(23)37)46-13-5-11-35(38)9-4-10-35/h2-3,5-8,11-12,18,30H,4,9-10,13-17,19-21H2,1H3/b11-5+/t30-/m1/s1. The number of thioether (sulfide) groups is 1. The number of methoxy groups -OCH3 is 1. The van der Waals surface area contributed by atoms with Crippen molar-refractivity contribution in [2.24, 2.45) is 0 Å². The summed E-state index contributed by atoms with van der Waals surface area (Å²) >= 11 is 1.38. The molecular weight excluding hydrogens is 676 g/mol. The smallest absolute Gasteiger partial charge is 0.489 e. The maximum Gasteiger partial charge on any atom is 0.511 e. The Labute approximate surface area is 290 Å². The van der Waals surface area contributed by atoms with Crippen LogP contribution in [0.2, 0.25) is 0 Å². The normalized spacial score (nSPS) is 19.1. The summed E-state index contributed by atoms with van der Waals surface area (Å²) < 4.78 is 64.5. The summed E-state index contributed by atoms with van der Waals surface area (Å²) in [6.07, 6.45) is 6.27. The SMILES string of the molecule is COCCOCCOC(=O)OCOc1c2n(ccc1=O)N1CN(C2=O)C2(/C=C/COc3cc(F)c(F)c4c3[C@H]1c1ccccc1SC4)CCC2. The minimum Gasteiger partial charge on any atom is -0.489 e. The molecule has 1 aliphatic carbocycles. The number of halogens is 2. The highest BCUT2D eigenvalue weighted by Crippen LogP contribution is 2.49. The van der Waals surface area contributed by atoms with Crippen molar-refractivity contribution in [3.63, 3.8) is 0 Å². The molecule has 0 N–H and O–H groups in total. The molecule has 1 amide bonds. The topological polar surface area (TPSA) is 118 Å². The van der Waals surface area contributed by atoms with Crippen LogP contribution < -0.4 is 19.9 Å². The first-order chi connectivity index (χ1) is 24.3. The maximum atomic E-state index is 15.8. The third kappa shape index (κ3) is 6.18. The van der Waals surface area contributed by atoms with Gasteiger partial charge in [0.2, 0.25) is 18.0 Å². The van der Waals surface area contributed by atoms with E-state index in [1.807, 2.05) is 35.4 Å². The third-order valence-corrected chi connectivity index (χ3v) is 10.4. The van der Waals surface area contributed by atoms with E-state index in [0.29, 0.717) is 31.6 Å². The lowest BCUT2D eigenvalue weighted by Gasteiger charge is -2.54. The van der Waals surface area contributed by atoms with Crippen LogP contribution in [0.1, 0.15) is 52.5 Å². The highest BCUT2D eigenvalue weighted by atomic mass is 32.2. The molecule has 264 valence electrons. The molecule has 1 atom stereocenters. The molecule has 15 heteroatoms. The molecule has 4 heterocycles. The van der Waals surface area contributed by atoms with E-state index in [2.05, 4.69) is 0 Å². The zero-order valence-corrected chi connectivity index (χ0v) is 28.0. The fraction of sp³-hybridized carbons (Fsp3) is 0.400. The highest BCUT2D eigenvalue weighted by Gasteiger charge is 2.50. The van der Waals surface area contributed by atoms with Crippen LogP contribution in [0, 0.1) is 11.6 Å². The Hall–Kier alpha value is -4.60. The van der Waals surface area contributed by atoms with Crippen molar-refractivity contribution in [2.45, 2.75) is 41.5 Å². The highest BCUT2D eigenvalue weighted by molar-refractivity contribution is 7.98. The zero-order valence-electron chi connectivity index (χ0n) is 27.2. The van der Waals surface area contributed by atoms with Gasteiger partial charge in [0, 0.05) is 47.2 Å². The van der Waals surface area contributed by atoms with E-state index in [1.54, 1.807) is 18.1 Å². The summed E-state index contributed by atoms with van der Waals surface area (Å²) in [4.78, 5) is 42.7. The minimum atomic E-state index is -1.05. The van der Waals surface area contributed by atoms with E-state index in [9.17, 15) is 14.4 Å². The molecule has 3 aromatic rings. The Bertz CT molecular complexity index is 1880. The molecule has 0 saturated heterocycles. The zero-order chi connectivity index (χ0) is 34.8. The molecule has 1 spiro atoms. The van der Waals surface area contributed by atoms with Gasteiger partial charge in [0.25, 0.3) is 5.91 Å². The second-order valence-electron chi connectivity index (χ2n) is 12.1. The van der Waals surface area contributed by atoms with Crippen LogP contribution in [0.3, 0.4) is 0 Å². The average Bonchev–Trinajstić information content (AvgIpc) is 3.27. The second-order valence-corrected chi connectivity index (χ2v) is 13.1. The lowest BCUT2D eigenvalue weighted by molar-refractivity contribution is -0.0132. The number of hydrogen-bond donors (Lipinski definition) is 0. The Kier molecular flexibility index (Phi) is 9.71. The number of amides is 1. The Morgan fingerprint density at radius 3 is 2.70 bits per heavy atom. The van der Waals surface area contributed by atoms with Gasteiger partial charge >= 0.3 is 6.16 Å². The second kappa shape index (κ2) is 14.3. The Morgan fingerprint density at radius 1 is 1.08 bits per heavy atom. The van der Waals surface area contributed by atoms with Gasteiger partial charge in [-0.05, 0) is 37.0 Å². The van der Waals surface area contributed by atoms with Gasteiger partial charge in [-0.15, -0.1) is 11.8 Å². The quantitative estimate of drug-likeness (QED) is 0.131. The van der Waals surface area contributed by atoms with Gasteiger partial charge in [-0.3, -0.25) is 19.3 Å². The number of pyridine rings is 1. The van der Waals surface area contributed by atoms with Crippen molar-refractivity contribution in [3.8, 4) is 11.5 Å². The average molecular weight is 712 g/mol. The van der Waals surface area contributed by atoms with E-state index in [0.717, 1.165) is 22.9 Å². The summed E-state index contributed by atoms with van der Waals surface area (Å²) in [7, 11) is 1.54. The van der Waals surface area contributed by atoms with Gasteiger partial charge in [0.05, 0.1) is 25.4 Å². The number of aromatic nitrogens is 1. The van der Waals surface area contributed by atoms with Gasteiger partial charge in [0.15, 0.2) is 17.3 Å². The molecule has 12 nitrogen and oxygen atoms in total. The molecular formula is C35H35F2N3O9S. The van der Waals surface area contributed by atoms with Gasteiger partial charge in [-0.2, -0.15) is 0 Å². The van der Waals surface area contributed by atoms with Crippen LogP contribution in [0.4, 0.5) is 13.6 Å². The number of hydrogen-bond acceptors (Lipinski definition) is 11. The Balaban J connectivity index is 1.31. The molecule has 0 radical (unpaired) electrons. The van der Waals surface area contributed by atoms with E-state index in [1.165, 1.54) is 28.7 Å². The van der Waals surface area contributed by atoms with Crippen LogP contribution in [0.25, 0.3) is 0 Å². The summed E-state index contributed by atoms with van der Waals surface area (Å²) in [6, 6.07) is 9.07. The molecule has 3 aliphatic heterocycles. The number of ether oxygens (including phenoxy) is 6. The van der Waals surface area contributed by atoms with Gasteiger partial charge in [-0.25, -0.2) is 13.6 Å². The van der Waals surface area contributed by atoms with Crippen molar-refractivity contribution >= 4 is 23.8 Å². The largest absolute Gasteiger partial charge is 0.511 e. The predicted octanol–water partition coefficient (Wildman–Crippen LogP) is 4.90. The van der Waals surface area contributed by atoms with E-state index < -0.39 is 47.5 Å². The van der Waals surface area contributed by atoms with Crippen molar-refractivity contribution in [1.82, 2.24) is 9.58 Å². The first-order valence-electron chi connectivity index (χ1n) is 16.2. The van der Waals surface area contributed by atoms with Crippen molar-refractivity contribution in [2.75, 3.05) is 58.6 Å². The van der Waals surface area contributed by atoms with Crippen molar-refractivity contribution in [3.05, 3.63) is 99.0 Å². The first kappa shape index (κ1) is 33.9. The van der Waals surface area contributed by atoms with Gasteiger partial charge in [-0.1, -0.05) is 24.3 Å². The number of rotatable bonds is 9. The lowest BCUT2D eigenvalue weighted by Crippen LogP contribution is -2.64. The Morgan fingerprint density at radius 2 is 1.90 bits per heavy atom. The molecule has 1 fully saturated rings. The van der Waals surface area contributed by atoms with Crippen LogP contribution in [0.5, 0.6) is 11.5 Å². The van der Waals surface area contributed by atoms with E-state index >= 15 is 8.78 Å². The maximum absolute atomic E-state index is 15.8. The van der Waals surface area contributed by atoms with Crippen LogP contribution >= 0.6 is 11.8 Å². The summed E-state index contributed by atoms with van der Waals surface area (Å²) in [5.41, 5.74) is -0.0999. The molecule has 2 aromatic carbocycles. The lowest BCUT2D eigenvalue weighted by atomic mass is 9.74. The van der Waals surface area contributed by atoms with Crippen LogP contribution in [-0.2, 0) is 24.7 Å². The van der Waals surface area contributed by atoms with Crippen molar-refractivity contribution < 1.29 is 46.8 Å². The van der Waals surface area contributed by atoms with Gasteiger partial charge < -0.3 is 33.3 Å². The van der Waals surface area contributed by atoms with Gasteiger partial charge in [0.1, 0.15) is 31.7 Å². The van der Waals surface area contributed by atoms with Crippen LogP contribution in [0.15, 0.2) is 64.4 Å². The molecule has 2 bridgehead atoms. The summed E-state index contributed by atoms with van der Waals surface area (Å²) in [5, 5.41) is 1.84. The summed E-state index contributed by atoms with van der Waals surface area (Å²) in [5.74, 6) is -2.50. The minimum absolute atomic E-state index is 0.0370. The summed E-state index contributed by atoms with van der Waals surface area (Å²) in [6.45, 7) is 0.147. The fourth-order valence-corrected chi connectivity index (χ4v) is 7.87. The molecule has 1 aromatic heterocycles. The van der Waals surface area contributed by atoms with E-state index in [4.69, 9.17) is 28.4 Å². The monoisotopic (exact) mass is 711 g/mol. The molecule has 0 unspecified atom stereocenters. The number of carbonyl (C=O) groups excluding carboxylic acids is 2. The molecule has 50 heavy (non-hydrogen) atoms. The first-order valence-corrected chi connectivity index (χ1v) is 17.2. The van der Waals surface area contributed by atoms with Crippen LogP contribution in [-0.4, -0.2) is 80.8 Å². The number of nitrogens with zero attached hydrogens (tertiary/aromatic N) is 3. The van der Waals surface area contributed by atoms with Crippen molar-refractivity contribution in [1.29, 1.82) is 0 Å². The molecule has 1 saturated carbocycles. The van der Waals surface area contributed by atoms with E-state index in [-0.39, 0.29) is 55.0 Å².